The molecule has 10 aromatic heterocycles. The first-order valence-corrected chi connectivity index (χ1v) is 46.2. The maximum absolute atomic E-state index is 12.0. The number of hydrogen-bond donors (Lipinski definition) is 7. The lowest BCUT2D eigenvalue weighted by molar-refractivity contribution is 0.101. The van der Waals surface area contributed by atoms with Crippen molar-refractivity contribution in [3.63, 3.8) is 0 Å². The van der Waals surface area contributed by atoms with Crippen molar-refractivity contribution in [2.24, 2.45) is 4.99 Å². The number of carbonyl (C=O) groups excluding carboxylic acids is 1. The molecule has 7 N–H and O–H groups in total. The number of Topliss-reactive ketones (excluding diaryl/α,β-unsaturated/α-hetero) is 1. The van der Waals surface area contributed by atoms with Crippen molar-refractivity contribution in [3.05, 3.63) is 346 Å². The van der Waals surface area contributed by atoms with E-state index in [9.17, 15) is 10.1 Å². The number of ether oxygens (including phenoxy) is 3. The zero-order chi connectivity index (χ0) is 95.4. The molecule has 0 bridgehead atoms. The van der Waals surface area contributed by atoms with Crippen LogP contribution in [0, 0.1) is 59.2 Å². The number of fused-ring (bicyclic) bond motifs is 8. The van der Waals surface area contributed by atoms with Crippen LogP contribution in [0.1, 0.15) is 160 Å². The van der Waals surface area contributed by atoms with Crippen molar-refractivity contribution in [1.82, 2.24) is 69.4 Å². The van der Waals surface area contributed by atoms with Gasteiger partial charge in [0.1, 0.15) is 39.5 Å². The number of benzene rings is 10. The Morgan fingerprint density at radius 2 is 0.921 bits per heavy atom. The molecular formula is C112H88N24O4. The van der Waals surface area contributed by atoms with Gasteiger partial charge in [0.05, 0.1) is 68.5 Å². The first-order valence-electron chi connectivity index (χ1n) is 46.2. The number of aryl methyl sites for hydroxylation is 2. The highest BCUT2D eigenvalue weighted by atomic mass is 16.5. The Morgan fingerprint density at radius 3 is 1.50 bits per heavy atom. The second-order valence-corrected chi connectivity index (χ2v) is 35.2. The minimum atomic E-state index is -0.0332. The summed E-state index contributed by atoms with van der Waals surface area (Å²) >= 11 is 0. The molecule has 28 heteroatoms. The van der Waals surface area contributed by atoms with Gasteiger partial charge in [-0.2, -0.15) is 51.0 Å². The highest BCUT2D eigenvalue weighted by molar-refractivity contribution is 6.09. The number of aromatic nitrogens is 14. The van der Waals surface area contributed by atoms with Crippen LogP contribution in [0.5, 0.6) is 34.9 Å². The molecule has 24 rings (SSSR count). The Balaban J connectivity index is 0.000000111. The fraction of sp³-hybridized carbons (Fsp3) is 0.152. The summed E-state index contributed by atoms with van der Waals surface area (Å²) in [7, 11) is 0. The molecule has 20 aromatic rings. The normalized spacial score (nSPS) is 12.8. The SMILES string of the molecule is CC(=O)c1ccc(Oc2nc(Nc3ccc(C#N)cc3)nc3c2N=CC3)c2cnccc12.CC(C)c1c[nH]c2nc(Nc3ccc(C#N)cc3)nc(Oc3ccc(C4CC4)c4ccncc34)c12.Cc1c[nH]c2nc(Nc3ccc(C#N)cc3)nc(Oc3ccc(C4CC4)c4cccnc34)c12.Cc1cn(Cc2ccccc2)c2c(Nc3ccc(C4CC4)c4ccccc34)nc(Nc3ccc(C#N)cc3)nc12. The number of hydrogen-bond acceptors (Lipinski definition) is 25. The maximum atomic E-state index is 12.0. The third-order valence-electron chi connectivity index (χ3n) is 25.1. The molecule has 3 fully saturated rings. The second kappa shape index (κ2) is 38.4. The Kier molecular flexibility index (Phi) is 24.1. The molecule has 3 saturated carbocycles. The fourth-order valence-electron chi connectivity index (χ4n) is 17.6. The molecular weight excluding hydrogens is 1750 g/mol. The van der Waals surface area contributed by atoms with Gasteiger partial charge in [0, 0.05) is 124 Å². The van der Waals surface area contributed by atoms with Crippen molar-refractivity contribution >= 4 is 152 Å². The highest BCUT2D eigenvalue weighted by Gasteiger charge is 2.31. The van der Waals surface area contributed by atoms with Crippen LogP contribution in [0.4, 0.5) is 63.7 Å². The highest BCUT2D eigenvalue weighted by Crippen LogP contribution is 2.50. The molecule has 0 saturated heterocycles. The average Bonchev–Trinajstić information content (AvgIpc) is 1.52. The standard InChI is InChI=1S/C34H28N6.C28H24N6O.C26H20N6O.C24H16N6O2/c1-22-20-40(21-24-7-3-2-4-8-24)32-31(22)38-34(36-26-15-11-23(19-35)12-16-26)39-33(32)37-30-18-17-27(25-13-14-25)28-9-5-6-10-29(28)30;1-16(2)22-15-31-26-25(22)27(34-28(33-26)32-19-7-3-17(13-29)4-8-19)35-24-10-9-20(18-5-6-18)21-11-12-30-14-23(21)24;1-15-14-29-24-22(15)25(32-26(31-24)30-18-8-4-16(13-27)5-9-18)33-21-11-10-19(17-6-7-17)20-3-2-12-28-23(20)21;1-14(31)17-6-7-21(19-13-26-10-8-18(17)19)32-23-22-20(9-11-27-22)29-24(30-23)28-16-4-2-15(12-25)3-5-16/h2-12,15-18,20,25H,13-14,21H2,1H3,(H2,36,37,38,39);3-4,7-12,14-16,18H,5-6H2,1-2H3,(H2,31,32,33,34);2-5,8-12,14,17H,6-7H2,1H3,(H2,29,30,31,32);2-8,10-11,13H,9H2,1H3,(H,28,29,30). The van der Waals surface area contributed by atoms with E-state index in [1.165, 1.54) is 83.9 Å². The fourth-order valence-corrected chi connectivity index (χ4v) is 17.6. The second-order valence-electron chi connectivity index (χ2n) is 35.2. The summed E-state index contributed by atoms with van der Waals surface area (Å²) in [4.78, 5) is 73.8. The first-order chi connectivity index (χ1) is 68.6. The molecule has 11 heterocycles. The summed E-state index contributed by atoms with van der Waals surface area (Å²) in [6.45, 7) is 10.6. The third kappa shape index (κ3) is 18.8. The molecule has 0 amide bonds. The summed E-state index contributed by atoms with van der Waals surface area (Å²) in [5, 5.41) is 61.8. The Bertz CT molecular complexity index is 8430. The molecule has 0 unspecified atom stereocenters. The first kappa shape index (κ1) is 88.0. The van der Waals surface area contributed by atoms with E-state index in [2.05, 4.69) is 217 Å². The predicted molar refractivity (Wildman–Crippen MR) is 545 cm³/mol. The van der Waals surface area contributed by atoms with Crippen LogP contribution in [-0.2, 0) is 13.0 Å². The monoisotopic (exact) mass is 1830 g/mol. The van der Waals surface area contributed by atoms with Gasteiger partial charge in [-0.15, -0.1) is 0 Å². The maximum Gasteiger partial charge on any atom is 0.250 e. The summed E-state index contributed by atoms with van der Waals surface area (Å²) < 4.78 is 21.3. The van der Waals surface area contributed by atoms with E-state index in [1.54, 1.807) is 104 Å². The average molecular weight is 1830 g/mol. The van der Waals surface area contributed by atoms with Crippen LogP contribution in [0.25, 0.3) is 76.3 Å². The van der Waals surface area contributed by atoms with Crippen molar-refractivity contribution in [1.29, 1.82) is 21.0 Å². The van der Waals surface area contributed by atoms with Gasteiger partial charge in [0.2, 0.25) is 35.6 Å². The Hall–Kier alpha value is -18.7. The van der Waals surface area contributed by atoms with Crippen molar-refractivity contribution in [3.8, 4) is 59.2 Å². The van der Waals surface area contributed by atoms with E-state index in [4.69, 9.17) is 49.9 Å². The number of aliphatic imine (C=N–C) groups is 1. The smallest absolute Gasteiger partial charge is 0.250 e. The molecule has 140 heavy (non-hydrogen) atoms. The molecule has 0 atom stereocenters. The van der Waals surface area contributed by atoms with Crippen molar-refractivity contribution in [2.75, 3.05) is 26.6 Å². The van der Waals surface area contributed by atoms with E-state index >= 15 is 0 Å². The van der Waals surface area contributed by atoms with Crippen LogP contribution >= 0.6 is 0 Å². The van der Waals surface area contributed by atoms with Gasteiger partial charge in [-0.05, 0) is 284 Å². The Labute approximate surface area is 803 Å². The van der Waals surface area contributed by atoms with Crippen LogP contribution in [-0.4, -0.2) is 81.4 Å². The van der Waals surface area contributed by atoms with Crippen LogP contribution in [0.15, 0.2) is 279 Å². The molecule has 10 aromatic carbocycles. The van der Waals surface area contributed by atoms with Crippen LogP contribution < -0.4 is 40.8 Å². The Morgan fingerprint density at radius 1 is 0.443 bits per heavy atom. The number of nitriles is 4. The quantitative estimate of drug-likeness (QED) is 0.0292. The van der Waals surface area contributed by atoms with E-state index in [-0.39, 0.29) is 11.7 Å². The predicted octanol–water partition coefficient (Wildman–Crippen LogP) is 26.1. The number of nitrogens with zero attached hydrogens (tertiary/aromatic N) is 17. The number of aromatic amines is 2. The number of anilines is 10. The number of ketones is 1. The zero-order valence-electron chi connectivity index (χ0n) is 76.8. The van der Waals surface area contributed by atoms with Crippen LogP contribution in [0.3, 0.4) is 0 Å². The summed E-state index contributed by atoms with van der Waals surface area (Å²) in [5.41, 5.74) is 21.0. The van der Waals surface area contributed by atoms with Crippen molar-refractivity contribution < 1.29 is 19.0 Å². The number of nitrogens with one attached hydrogen (secondary N) is 7. The van der Waals surface area contributed by atoms with Gasteiger partial charge < -0.3 is 55.3 Å². The van der Waals surface area contributed by atoms with E-state index < -0.39 is 0 Å². The van der Waals surface area contributed by atoms with E-state index in [1.807, 2.05) is 92.4 Å². The van der Waals surface area contributed by atoms with Gasteiger partial charge in [-0.3, -0.25) is 24.7 Å². The number of H-pyrrole nitrogens is 2. The largest absolute Gasteiger partial charge is 0.437 e. The van der Waals surface area contributed by atoms with Gasteiger partial charge in [-0.25, -0.2) is 9.97 Å². The van der Waals surface area contributed by atoms with E-state index in [0.29, 0.717) is 134 Å². The molecule has 0 radical (unpaired) electrons. The summed E-state index contributed by atoms with van der Waals surface area (Å²) in [6.07, 6.45) is 24.6. The van der Waals surface area contributed by atoms with Crippen molar-refractivity contribution in [2.45, 2.75) is 110 Å². The third-order valence-corrected chi connectivity index (χ3v) is 25.1. The van der Waals surface area contributed by atoms with Gasteiger partial charge in [0.15, 0.2) is 17.4 Å². The molecule has 0 spiro atoms. The lowest BCUT2D eigenvalue weighted by Crippen LogP contribution is -2.06. The number of rotatable bonds is 23. The van der Waals surface area contributed by atoms with Crippen LogP contribution in [0.2, 0.25) is 0 Å². The molecule has 3 aliphatic carbocycles. The summed E-state index contributed by atoms with van der Waals surface area (Å²) in [6, 6.07) is 80.4. The number of carbonyl (C=O) groups is 1. The molecule has 4 aliphatic rings. The van der Waals surface area contributed by atoms with Gasteiger partial charge in [0.25, 0.3) is 5.88 Å². The lowest BCUT2D eigenvalue weighted by Gasteiger charge is -2.16. The minimum Gasteiger partial charge on any atom is -0.437 e. The number of pyridine rings is 3. The minimum absolute atomic E-state index is 0.0332. The topological polar surface area (TPSA) is 391 Å². The van der Waals surface area contributed by atoms with Gasteiger partial charge in [-0.1, -0.05) is 92.7 Å². The van der Waals surface area contributed by atoms with Gasteiger partial charge >= 0.3 is 0 Å². The molecule has 1 aliphatic heterocycles. The molecule has 28 nitrogen and oxygen atoms in total. The lowest BCUT2D eigenvalue weighted by atomic mass is 9.99. The van der Waals surface area contributed by atoms with E-state index in [0.717, 1.165) is 106 Å². The molecule has 680 valence electrons. The zero-order valence-corrected chi connectivity index (χ0v) is 76.8. The summed E-state index contributed by atoms with van der Waals surface area (Å²) in [5.74, 6) is 7.71.